The number of benzene rings is 2. The van der Waals surface area contributed by atoms with E-state index in [1.165, 1.54) is 17.7 Å². The number of hydrogen-bond donors (Lipinski definition) is 0. The topological polar surface area (TPSA) is 81.9 Å². The number of thioether (sulfide) groups is 1. The average molecular weight is 402 g/mol. The van der Waals surface area contributed by atoms with Gasteiger partial charge in [-0.1, -0.05) is 12.1 Å². The van der Waals surface area contributed by atoms with E-state index in [0.29, 0.717) is 18.3 Å². The van der Waals surface area contributed by atoms with E-state index in [4.69, 9.17) is 9.47 Å². The maximum atomic E-state index is 12.3. The van der Waals surface area contributed by atoms with Crippen LogP contribution in [-0.4, -0.2) is 41.4 Å². The summed E-state index contributed by atoms with van der Waals surface area (Å²) in [6, 6.07) is 14.0. The zero-order valence-corrected chi connectivity index (χ0v) is 16.4. The summed E-state index contributed by atoms with van der Waals surface area (Å²) in [4.78, 5) is 24.2. The SMILES string of the molecule is COc1ccc(CSC2CCN(C(=O)OCc3ccc([N+](=O)[O-])cc3)C2)cc1. The van der Waals surface area contributed by atoms with Gasteiger partial charge in [-0.25, -0.2) is 4.79 Å². The van der Waals surface area contributed by atoms with E-state index in [9.17, 15) is 14.9 Å². The lowest BCUT2D eigenvalue weighted by molar-refractivity contribution is -0.384. The zero-order valence-electron chi connectivity index (χ0n) is 15.6. The summed E-state index contributed by atoms with van der Waals surface area (Å²) in [7, 11) is 1.65. The second kappa shape index (κ2) is 9.45. The molecule has 0 aliphatic carbocycles. The molecule has 1 atom stereocenters. The Bertz CT molecular complexity index is 810. The molecule has 0 aromatic heterocycles. The van der Waals surface area contributed by atoms with Crippen molar-refractivity contribution < 1.29 is 19.2 Å². The van der Waals surface area contributed by atoms with Crippen LogP contribution in [0.5, 0.6) is 5.75 Å². The third-order valence-corrected chi connectivity index (χ3v) is 5.91. The second-order valence-electron chi connectivity index (χ2n) is 6.49. The van der Waals surface area contributed by atoms with Crippen LogP contribution in [0.15, 0.2) is 48.5 Å². The van der Waals surface area contributed by atoms with Crippen LogP contribution in [0.2, 0.25) is 0 Å². The van der Waals surface area contributed by atoms with Crippen LogP contribution < -0.4 is 4.74 Å². The summed E-state index contributed by atoms with van der Waals surface area (Å²) in [6.07, 6.45) is 0.596. The van der Waals surface area contributed by atoms with Gasteiger partial charge in [-0.2, -0.15) is 11.8 Å². The van der Waals surface area contributed by atoms with Crippen molar-refractivity contribution in [3.63, 3.8) is 0 Å². The van der Waals surface area contributed by atoms with Gasteiger partial charge in [0.1, 0.15) is 12.4 Å². The van der Waals surface area contributed by atoms with Crippen LogP contribution in [0.1, 0.15) is 17.5 Å². The molecule has 28 heavy (non-hydrogen) atoms. The van der Waals surface area contributed by atoms with E-state index in [1.807, 2.05) is 23.9 Å². The largest absolute Gasteiger partial charge is 0.497 e. The Hall–Kier alpha value is -2.74. The minimum atomic E-state index is -0.455. The molecular formula is C20H22N2O5S. The summed E-state index contributed by atoms with van der Waals surface area (Å²) >= 11 is 1.84. The minimum absolute atomic E-state index is 0.0198. The lowest BCUT2D eigenvalue weighted by Gasteiger charge is -2.16. The molecule has 1 heterocycles. The summed E-state index contributed by atoms with van der Waals surface area (Å²) in [5.41, 5.74) is 1.97. The number of amides is 1. The van der Waals surface area contributed by atoms with Gasteiger partial charge >= 0.3 is 6.09 Å². The summed E-state index contributed by atoms with van der Waals surface area (Å²) in [6.45, 7) is 1.45. The molecular weight excluding hydrogens is 380 g/mol. The second-order valence-corrected chi connectivity index (χ2v) is 7.78. The first-order valence-corrected chi connectivity index (χ1v) is 9.99. The lowest BCUT2D eigenvalue weighted by Crippen LogP contribution is -2.29. The summed E-state index contributed by atoms with van der Waals surface area (Å²) < 4.78 is 10.5. The molecule has 1 fully saturated rings. The monoisotopic (exact) mass is 402 g/mol. The van der Waals surface area contributed by atoms with Crippen molar-refractivity contribution in [2.24, 2.45) is 0 Å². The fourth-order valence-electron chi connectivity index (χ4n) is 2.92. The zero-order chi connectivity index (χ0) is 19.9. The molecule has 1 amide bonds. The standard InChI is InChI=1S/C20H22N2O5S/c1-26-18-8-4-16(5-9-18)14-28-19-10-11-21(12-19)20(23)27-13-15-2-6-17(7-3-15)22(24)25/h2-9,19H,10-14H2,1H3. The Morgan fingerprint density at radius 2 is 1.86 bits per heavy atom. The number of rotatable bonds is 7. The molecule has 1 aliphatic heterocycles. The molecule has 7 nitrogen and oxygen atoms in total. The first-order valence-electron chi connectivity index (χ1n) is 8.94. The number of carbonyl (C=O) groups excluding carboxylic acids is 1. The number of nitro groups is 1. The first kappa shape index (κ1) is 20.0. The molecule has 2 aromatic carbocycles. The Balaban J connectivity index is 1.41. The van der Waals surface area contributed by atoms with Gasteiger partial charge in [0, 0.05) is 36.2 Å². The van der Waals surface area contributed by atoms with Crippen molar-refractivity contribution >= 4 is 23.5 Å². The number of likely N-dealkylation sites (tertiary alicyclic amines) is 1. The quantitative estimate of drug-likeness (QED) is 0.509. The van der Waals surface area contributed by atoms with Crippen LogP contribution in [0, 0.1) is 10.1 Å². The van der Waals surface area contributed by atoms with Gasteiger partial charge in [-0.05, 0) is 41.8 Å². The fraction of sp³-hybridized carbons (Fsp3) is 0.350. The van der Waals surface area contributed by atoms with Gasteiger partial charge in [0.15, 0.2) is 0 Å². The van der Waals surface area contributed by atoms with E-state index in [0.717, 1.165) is 23.5 Å². The number of carbonyl (C=O) groups is 1. The van der Waals surface area contributed by atoms with Crippen molar-refractivity contribution in [2.45, 2.75) is 24.0 Å². The first-order chi connectivity index (χ1) is 13.5. The normalized spacial score (nSPS) is 16.0. The molecule has 1 unspecified atom stereocenters. The van der Waals surface area contributed by atoms with Crippen LogP contribution in [0.4, 0.5) is 10.5 Å². The predicted octanol–water partition coefficient (Wildman–Crippen LogP) is 4.25. The summed E-state index contributed by atoms with van der Waals surface area (Å²) in [5.74, 6) is 1.73. The molecule has 3 rings (SSSR count). The number of nitrogens with zero attached hydrogens (tertiary/aromatic N) is 2. The van der Waals surface area contributed by atoms with Crippen molar-refractivity contribution in [2.75, 3.05) is 20.2 Å². The average Bonchev–Trinajstić information content (AvgIpc) is 3.20. The van der Waals surface area contributed by atoms with Crippen LogP contribution in [-0.2, 0) is 17.1 Å². The molecule has 1 aliphatic rings. The van der Waals surface area contributed by atoms with E-state index in [1.54, 1.807) is 24.1 Å². The van der Waals surface area contributed by atoms with Gasteiger partial charge in [0.25, 0.3) is 5.69 Å². The third kappa shape index (κ3) is 5.39. The van der Waals surface area contributed by atoms with E-state index in [-0.39, 0.29) is 18.4 Å². The highest BCUT2D eigenvalue weighted by Gasteiger charge is 2.27. The van der Waals surface area contributed by atoms with Crippen molar-refractivity contribution in [1.29, 1.82) is 0 Å². The third-order valence-electron chi connectivity index (χ3n) is 4.56. The number of methoxy groups -OCH3 is 1. The molecule has 1 saturated heterocycles. The van der Waals surface area contributed by atoms with Crippen molar-refractivity contribution in [1.82, 2.24) is 4.90 Å². The van der Waals surface area contributed by atoms with Gasteiger partial charge in [0.2, 0.25) is 0 Å². The van der Waals surface area contributed by atoms with Crippen LogP contribution >= 0.6 is 11.8 Å². The maximum absolute atomic E-state index is 12.3. The van der Waals surface area contributed by atoms with Crippen molar-refractivity contribution in [3.8, 4) is 5.75 Å². The molecule has 0 spiro atoms. The molecule has 2 aromatic rings. The minimum Gasteiger partial charge on any atom is -0.497 e. The Morgan fingerprint density at radius 1 is 1.18 bits per heavy atom. The molecule has 148 valence electrons. The van der Waals surface area contributed by atoms with E-state index < -0.39 is 4.92 Å². The predicted molar refractivity (Wildman–Crippen MR) is 108 cm³/mol. The number of nitro benzene ring substituents is 1. The van der Waals surface area contributed by atoms with E-state index in [2.05, 4.69) is 12.1 Å². The van der Waals surface area contributed by atoms with Crippen LogP contribution in [0.3, 0.4) is 0 Å². The number of non-ortho nitro benzene ring substituents is 1. The highest BCUT2D eigenvalue weighted by molar-refractivity contribution is 7.99. The van der Waals surface area contributed by atoms with E-state index >= 15 is 0 Å². The van der Waals surface area contributed by atoms with Gasteiger partial charge in [-0.15, -0.1) is 0 Å². The van der Waals surface area contributed by atoms with Crippen molar-refractivity contribution in [3.05, 3.63) is 69.8 Å². The Morgan fingerprint density at radius 3 is 2.50 bits per heavy atom. The Kier molecular flexibility index (Phi) is 6.76. The molecule has 0 bridgehead atoms. The number of ether oxygens (including phenoxy) is 2. The highest BCUT2D eigenvalue weighted by atomic mass is 32.2. The molecule has 0 N–H and O–H groups in total. The highest BCUT2D eigenvalue weighted by Crippen LogP contribution is 2.27. The van der Waals surface area contributed by atoms with Crippen LogP contribution in [0.25, 0.3) is 0 Å². The molecule has 0 saturated carbocycles. The molecule has 0 radical (unpaired) electrons. The number of hydrogen-bond acceptors (Lipinski definition) is 6. The maximum Gasteiger partial charge on any atom is 0.410 e. The smallest absolute Gasteiger partial charge is 0.410 e. The van der Waals surface area contributed by atoms with Gasteiger partial charge in [-0.3, -0.25) is 10.1 Å². The van der Waals surface area contributed by atoms with Gasteiger partial charge < -0.3 is 14.4 Å². The lowest BCUT2D eigenvalue weighted by atomic mass is 10.2. The molecule has 8 heteroatoms. The van der Waals surface area contributed by atoms with Gasteiger partial charge in [0.05, 0.1) is 12.0 Å². The summed E-state index contributed by atoms with van der Waals surface area (Å²) in [5, 5.41) is 11.0. The Labute approximate surface area is 167 Å². The fourth-order valence-corrected chi connectivity index (χ4v) is 4.09.